The van der Waals surface area contributed by atoms with Crippen molar-refractivity contribution in [1.29, 1.82) is 0 Å². The second-order valence-electron chi connectivity index (χ2n) is 6.54. The number of fused-ring (bicyclic) bond motifs is 2. The van der Waals surface area contributed by atoms with Crippen LogP contribution in [-0.4, -0.2) is 32.3 Å². The SMILES string of the molecule is COc1ccc([C@@H]2[Se][C@@H]3C(C)=C(C)[C@H]2P3(=S)c2ccccc2)cc1. The van der Waals surface area contributed by atoms with Crippen LogP contribution in [0.25, 0.3) is 0 Å². The maximum atomic E-state index is 6.48. The van der Waals surface area contributed by atoms with Crippen molar-refractivity contribution in [1.82, 2.24) is 0 Å². The summed E-state index contributed by atoms with van der Waals surface area (Å²) in [5.41, 5.74) is 5.16. The quantitative estimate of drug-likeness (QED) is 0.417. The number of methoxy groups -OCH3 is 1. The molecular formula is C20H21OPSSe. The van der Waals surface area contributed by atoms with Crippen molar-refractivity contribution in [3.8, 4) is 5.75 Å². The molecule has 1 unspecified atom stereocenters. The van der Waals surface area contributed by atoms with E-state index in [2.05, 4.69) is 68.4 Å². The molecule has 1 saturated heterocycles. The molecule has 4 rings (SSSR count). The summed E-state index contributed by atoms with van der Waals surface area (Å²) in [6, 6.07) is 18.1. The van der Waals surface area contributed by atoms with E-state index in [-0.39, 0.29) is 0 Å². The van der Waals surface area contributed by atoms with Gasteiger partial charge in [0.15, 0.2) is 0 Å². The number of benzene rings is 2. The Morgan fingerprint density at radius 3 is 2.25 bits per heavy atom. The molecule has 0 N–H and O–H groups in total. The van der Waals surface area contributed by atoms with Crippen molar-refractivity contribution in [2.75, 3.05) is 7.11 Å². The molecule has 124 valence electrons. The van der Waals surface area contributed by atoms with Crippen LogP contribution in [0.5, 0.6) is 5.75 Å². The molecule has 2 heterocycles. The first kappa shape index (κ1) is 16.6. The van der Waals surface area contributed by atoms with Gasteiger partial charge in [0.05, 0.1) is 0 Å². The van der Waals surface area contributed by atoms with Crippen molar-refractivity contribution >= 4 is 38.1 Å². The molecule has 0 saturated carbocycles. The molecular weight excluding hydrogens is 398 g/mol. The summed E-state index contributed by atoms with van der Waals surface area (Å²) >= 11 is 7.02. The van der Waals surface area contributed by atoms with Crippen LogP contribution in [0.3, 0.4) is 0 Å². The van der Waals surface area contributed by atoms with Gasteiger partial charge in [-0.2, -0.15) is 0 Å². The predicted molar refractivity (Wildman–Crippen MR) is 108 cm³/mol. The van der Waals surface area contributed by atoms with Gasteiger partial charge in [0.25, 0.3) is 0 Å². The van der Waals surface area contributed by atoms with E-state index < -0.39 is 6.04 Å². The van der Waals surface area contributed by atoms with E-state index >= 15 is 0 Å². The van der Waals surface area contributed by atoms with Gasteiger partial charge in [0, 0.05) is 0 Å². The standard InChI is InChI=1S/C20H21OPSSe/c1-13-14(2)20-22(23,17-7-5-4-6-8-17)18(13)19(24-20)15-9-11-16(21-3)12-10-15/h4-12,18-20H,1-3H3/t18-,19+,20-,22?/m1/s1. The van der Waals surface area contributed by atoms with E-state index in [1.165, 1.54) is 10.9 Å². The third-order valence-electron chi connectivity index (χ3n) is 5.36. The van der Waals surface area contributed by atoms with Gasteiger partial charge < -0.3 is 0 Å². The molecule has 2 aliphatic rings. The number of rotatable bonds is 3. The summed E-state index contributed by atoms with van der Waals surface area (Å²) in [6.07, 6.45) is 0. The summed E-state index contributed by atoms with van der Waals surface area (Å²) < 4.78 is 5.96. The molecule has 2 bridgehead atoms. The Morgan fingerprint density at radius 2 is 1.62 bits per heavy atom. The van der Waals surface area contributed by atoms with Gasteiger partial charge in [-0.15, -0.1) is 0 Å². The van der Waals surface area contributed by atoms with Crippen molar-refractivity contribution in [3.05, 3.63) is 71.3 Å². The van der Waals surface area contributed by atoms with Gasteiger partial charge in [-0.3, -0.25) is 0 Å². The molecule has 2 aliphatic heterocycles. The molecule has 4 atom stereocenters. The van der Waals surface area contributed by atoms with Crippen LogP contribution in [0, 0.1) is 0 Å². The number of allylic oxidation sites excluding steroid dienone is 2. The zero-order valence-electron chi connectivity index (χ0n) is 14.1. The molecule has 0 spiro atoms. The Balaban J connectivity index is 1.79. The Labute approximate surface area is 155 Å². The van der Waals surface area contributed by atoms with Gasteiger partial charge in [-0.1, -0.05) is 0 Å². The Morgan fingerprint density at radius 1 is 0.958 bits per heavy atom. The topological polar surface area (TPSA) is 9.23 Å². The second kappa shape index (κ2) is 6.15. The van der Waals surface area contributed by atoms with Crippen LogP contribution >= 0.6 is 6.04 Å². The average Bonchev–Trinajstić information content (AvgIpc) is 3.04. The molecule has 1 fully saturated rings. The summed E-state index contributed by atoms with van der Waals surface area (Å²) in [5.74, 6) is 0.931. The fourth-order valence-corrected chi connectivity index (χ4v) is 18.6. The Kier molecular flexibility index (Phi) is 4.25. The van der Waals surface area contributed by atoms with Crippen LogP contribution < -0.4 is 10.0 Å². The monoisotopic (exact) mass is 420 g/mol. The number of hydrogen-bond acceptors (Lipinski definition) is 2. The van der Waals surface area contributed by atoms with Gasteiger partial charge in [0.1, 0.15) is 0 Å². The zero-order chi connectivity index (χ0) is 16.9. The molecule has 0 aliphatic carbocycles. The maximum absolute atomic E-state index is 6.48. The van der Waals surface area contributed by atoms with Crippen LogP contribution in [0.4, 0.5) is 0 Å². The van der Waals surface area contributed by atoms with Gasteiger partial charge >= 0.3 is 156 Å². The summed E-state index contributed by atoms with van der Waals surface area (Å²) in [5, 5.41) is 1.43. The third-order valence-corrected chi connectivity index (χ3v) is 18.1. The summed E-state index contributed by atoms with van der Waals surface area (Å²) in [4.78, 5) is 0.614. The molecule has 24 heavy (non-hydrogen) atoms. The minimum absolute atomic E-state index is 0.536. The third kappa shape index (κ3) is 2.30. The zero-order valence-corrected chi connectivity index (χ0v) is 17.5. The summed E-state index contributed by atoms with van der Waals surface area (Å²) in [6.45, 7) is 4.66. The van der Waals surface area contributed by atoms with Crippen molar-refractivity contribution in [2.24, 2.45) is 0 Å². The second-order valence-corrected chi connectivity index (χ2v) is 14.8. The van der Waals surface area contributed by atoms with E-state index in [4.69, 9.17) is 16.5 Å². The van der Waals surface area contributed by atoms with Gasteiger partial charge in [-0.25, -0.2) is 0 Å². The van der Waals surface area contributed by atoms with Crippen LogP contribution in [0.1, 0.15) is 24.2 Å². The van der Waals surface area contributed by atoms with E-state index in [1.807, 2.05) is 0 Å². The number of ether oxygens (including phenoxy) is 1. The average molecular weight is 419 g/mol. The number of hydrogen-bond donors (Lipinski definition) is 0. The van der Waals surface area contributed by atoms with E-state index in [0.29, 0.717) is 30.0 Å². The Hall–Kier alpha value is -0.851. The van der Waals surface area contributed by atoms with Crippen LogP contribution in [0.15, 0.2) is 65.7 Å². The van der Waals surface area contributed by atoms with E-state index in [0.717, 1.165) is 5.75 Å². The molecule has 1 nitrogen and oxygen atoms in total. The van der Waals surface area contributed by atoms with E-state index in [1.54, 1.807) is 18.3 Å². The molecule has 0 radical (unpaired) electrons. The van der Waals surface area contributed by atoms with Crippen molar-refractivity contribution < 1.29 is 4.74 Å². The predicted octanol–water partition coefficient (Wildman–Crippen LogP) is 4.30. The molecule has 4 heteroatoms. The van der Waals surface area contributed by atoms with Gasteiger partial charge in [-0.05, 0) is 0 Å². The Bertz CT molecular complexity index is 844. The first-order chi connectivity index (χ1) is 11.6. The first-order valence-corrected chi connectivity index (χ1v) is 13.1. The first-order valence-electron chi connectivity index (χ1n) is 8.19. The van der Waals surface area contributed by atoms with Crippen LogP contribution in [0.2, 0.25) is 0 Å². The van der Waals surface area contributed by atoms with E-state index in [9.17, 15) is 0 Å². The molecule has 2 aromatic carbocycles. The van der Waals surface area contributed by atoms with Crippen LogP contribution in [-0.2, 0) is 11.8 Å². The van der Waals surface area contributed by atoms with Gasteiger partial charge in [0.2, 0.25) is 0 Å². The fraction of sp³-hybridized carbons (Fsp3) is 0.300. The van der Waals surface area contributed by atoms with Crippen molar-refractivity contribution in [3.63, 3.8) is 0 Å². The molecule has 0 aromatic heterocycles. The molecule has 2 aromatic rings. The minimum atomic E-state index is -1.59. The normalized spacial score (nSPS) is 31.5. The summed E-state index contributed by atoms with van der Waals surface area (Å²) in [7, 11) is 1.72. The fourth-order valence-electron chi connectivity index (χ4n) is 3.99. The molecule has 0 amide bonds. The van der Waals surface area contributed by atoms with Crippen molar-refractivity contribution in [2.45, 2.75) is 28.9 Å².